The minimum absolute atomic E-state index is 0.0719. The predicted octanol–water partition coefficient (Wildman–Crippen LogP) is 0.940. The maximum absolute atomic E-state index is 13.1. The smallest absolute Gasteiger partial charge is 0.295 e. The summed E-state index contributed by atoms with van der Waals surface area (Å²) in [6, 6.07) is 2.06. The van der Waals surface area contributed by atoms with Crippen molar-refractivity contribution < 1.29 is 14.1 Å². The van der Waals surface area contributed by atoms with Crippen molar-refractivity contribution in [3.63, 3.8) is 0 Å². The summed E-state index contributed by atoms with van der Waals surface area (Å²) in [5, 5.41) is 13.1. The van der Waals surface area contributed by atoms with Gasteiger partial charge in [0.15, 0.2) is 0 Å². The third kappa shape index (κ3) is 2.66. The summed E-state index contributed by atoms with van der Waals surface area (Å²) in [4.78, 5) is 20.4. The van der Waals surface area contributed by atoms with Crippen molar-refractivity contribution in [2.75, 3.05) is 11.9 Å². The molecule has 0 unspecified atom stereocenters. The van der Waals surface area contributed by atoms with Gasteiger partial charge < -0.3 is 11.1 Å². The molecule has 0 atom stereocenters. The highest BCUT2D eigenvalue weighted by molar-refractivity contribution is 5.80. The first kappa shape index (κ1) is 11.9. The summed E-state index contributed by atoms with van der Waals surface area (Å²) >= 11 is 0. The van der Waals surface area contributed by atoms with E-state index >= 15 is 0 Å². The third-order valence-corrected chi connectivity index (χ3v) is 1.93. The van der Waals surface area contributed by atoms with Gasteiger partial charge in [-0.05, 0) is 18.6 Å². The zero-order valence-electron chi connectivity index (χ0n) is 8.49. The lowest BCUT2D eigenvalue weighted by molar-refractivity contribution is -0.384. The zero-order valence-corrected chi connectivity index (χ0v) is 8.49. The number of nitrogens with two attached hydrogens (primary N) is 1. The van der Waals surface area contributed by atoms with E-state index in [1.807, 2.05) is 0 Å². The fraction of sp³-hybridized carbons (Fsp3) is 0.222. The van der Waals surface area contributed by atoms with E-state index in [0.717, 1.165) is 6.07 Å². The second-order valence-electron chi connectivity index (χ2n) is 3.20. The van der Waals surface area contributed by atoms with Crippen LogP contribution in [0.15, 0.2) is 12.1 Å². The number of nitro groups is 1. The monoisotopic (exact) mass is 227 g/mol. The zero-order chi connectivity index (χ0) is 12.3. The van der Waals surface area contributed by atoms with E-state index < -0.39 is 22.3 Å². The van der Waals surface area contributed by atoms with Crippen LogP contribution in [0.5, 0.6) is 0 Å². The molecular formula is C9H10FN3O3. The van der Waals surface area contributed by atoms with Crippen LogP contribution in [-0.4, -0.2) is 17.4 Å². The first-order chi connectivity index (χ1) is 7.41. The topological polar surface area (TPSA) is 98.3 Å². The molecule has 3 N–H and O–H groups in total. The van der Waals surface area contributed by atoms with Crippen molar-refractivity contribution in [3.8, 4) is 0 Å². The number of primary amides is 1. The number of nitro benzene ring substituents is 1. The Morgan fingerprint density at radius 1 is 1.62 bits per heavy atom. The average molecular weight is 227 g/mol. The van der Waals surface area contributed by atoms with E-state index in [-0.39, 0.29) is 17.8 Å². The number of carbonyl (C=O) groups is 1. The number of halogens is 1. The molecule has 16 heavy (non-hydrogen) atoms. The molecule has 86 valence electrons. The van der Waals surface area contributed by atoms with E-state index in [1.54, 1.807) is 0 Å². The Labute approximate surface area is 90.4 Å². The molecule has 0 aliphatic carbocycles. The highest BCUT2D eigenvalue weighted by Gasteiger charge is 2.16. The van der Waals surface area contributed by atoms with Gasteiger partial charge in [0, 0.05) is 0 Å². The van der Waals surface area contributed by atoms with Crippen LogP contribution in [0.25, 0.3) is 0 Å². The van der Waals surface area contributed by atoms with Gasteiger partial charge >= 0.3 is 0 Å². The van der Waals surface area contributed by atoms with E-state index in [4.69, 9.17) is 5.73 Å². The van der Waals surface area contributed by atoms with Crippen molar-refractivity contribution in [2.24, 2.45) is 5.73 Å². The number of nitrogens with zero attached hydrogens (tertiary/aromatic N) is 1. The Morgan fingerprint density at radius 2 is 2.25 bits per heavy atom. The second kappa shape index (κ2) is 4.56. The average Bonchev–Trinajstić information content (AvgIpc) is 2.18. The van der Waals surface area contributed by atoms with E-state index in [1.165, 1.54) is 13.0 Å². The molecule has 0 radical (unpaired) electrons. The maximum atomic E-state index is 13.1. The lowest BCUT2D eigenvalue weighted by atomic mass is 10.2. The van der Waals surface area contributed by atoms with Crippen LogP contribution in [0, 0.1) is 22.9 Å². The normalized spacial score (nSPS) is 9.88. The fourth-order valence-corrected chi connectivity index (χ4v) is 1.15. The molecule has 1 amide bonds. The number of rotatable bonds is 4. The van der Waals surface area contributed by atoms with Crippen LogP contribution in [0.4, 0.5) is 15.8 Å². The van der Waals surface area contributed by atoms with Crippen LogP contribution < -0.4 is 11.1 Å². The molecular weight excluding hydrogens is 217 g/mol. The summed E-state index contributed by atoms with van der Waals surface area (Å²) in [6.45, 7) is 1.22. The molecule has 0 aliphatic heterocycles. The number of benzene rings is 1. The maximum Gasteiger partial charge on any atom is 0.295 e. The number of amides is 1. The van der Waals surface area contributed by atoms with Crippen molar-refractivity contribution in [1.29, 1.82) is 0 Å². The molecule has 0 aromatic heterocycles. The predicted molar refractivity (Wildman–Crippen MR) is 55.5 cm³/mol. The quantitative estimate of drug-likeness (QED) is 0.590. The van der Waals surface area contributed by atoms with Crippen molar-refractivity contribution >= 4 is 17.3 Å². The Bertz CT molecular complexity index is 448. The summed E-state index contributed by atoms with van der Waals surface area (Å²) in [5.41, 5.74) is 4.78. The Hall–Kier alpha value is -2.18. The van der Waals surface area contributed by atoms with Gasteiger partial charge in [-0.25, -0.2) is 4.39 Å². The number of aryl methyl sites for hydroxylation is 1. The van der Waals surface area contributed by atoms with E-state index in [0.29, 0.717) is 0 Å². The van der Waals surface area contributed by atoms with Gasteiger partial charge in [-0.3, -0.25) is 14.9 Å². The van der Waals surface area contributed by atoms with Crippen LogP contribution in [0.3, 0.4) is 0 Å². The molecule has 6 nitrogen and oxygen atoms in total. The molecule has 0 saturated heterocycles. The van der Waals surface area contributed by atoms with Crippen LogP contribution >= 0.6 is 0 Å². The first-order valence-corrected chi connectivity index (χ1v) is 4.38. The van der Waals surface area contributed by atoms with E-state index in [9.17, 15) is 19.3 Å². The minimum atomic E-state index is -0.730. The molecule has 1 aromatic carbocycles. The molecule has 7 heteroatoms. The van der Waals surface area contributed by atoms with Gasteiger partial charge in [0.2, 0.25) is 5.91 Å². The highest BCUT2D eigenvalue weighted by Crippen LogP contribution is 2.27. The number of hydrogen-bond donors (Lipinski definition) is 2. The van der Waals surface area contributed by atoms with Crippen LogP contribution in [0.1, 0.15) is 5.56 Å². The number of carbonyl (C=O) groups excluding carboxylic acids is 1. The molecule has 1 rings (SSSR count). The number of anilines is 1. The summed E-state index contributed by atoms with van der Waals surface area (Å²) < 4.78 is 13.1. The van der Waals surface area contributed by atoms with Crippen molar-refractivity contribution in [2.45, 2.75) is 6.92 Å². The molecule has 0 bridgehead atoms. The van der Waals surface area contributed by atoms with Crippen LogP contribution in [0.2, 0.25) is 0 Å². The van der Waals surface area contributed by atoms with Crippen LogP contribution in [-0.2, 0) is 4.79 Å². The van der Waals surface area contributed by atoms with Gasteiger partial charge in [-0.1, -0.05) is 0 Å². The van der Waals surface area contributed by atoms with Crippen molar-refractivity contribution in [1.82, 2.24) is 0 Å². The van der Waals surface area contributed by atoms with Gasteiger partial charge in [0.1, 0.15) is 11.5 Å². The summed E-state index contributed by atoms with van der Waals surface area (Å²) in [6.07, 6.45) is 0. The largest absolute Gasteiger partial charge is 0.371 e. The van der Waals surface area contributed by atoms with E-state index in [2.05, 4.69) is 5.32 Å². The van der Waals surface area contributed by atoms with Gasteiger partial charge in [0.05, 0.1) is 17.5 Å². The lowest BCUT2D eigenvalue weighted by Gasteiger charge is -2.06. The standard InChI is InChI=1S/C9H10FN3O3/c1-5-2-7(12-4-9(11)14)8(13(15)16)3-6(5)10/h2-3,12H,4H2,1H3,(H2,11,14). The number of hydrogen-bond acceptors (Lipinski definition) is 4. The molecule has 0 fully saturated rings. The third-order valence-electron chi connectivity index (χ3n) is 1.93. The first-order valence-electron chi connectivity index (χ1n) is 4.38. The Kier molecular flexibility index (Phi) is 3.39. The minimum Gasteiger partial charge on any atom is -0.371 e. The van der Waals surface area contributed by atoms with Gasteiger partial charge in [-0.15, -0.1) is 0 Å². The second-order valence-corrected chi connectivity index (χ2v) is 3.20. The molecule has 0 spiro atoms. The fourth-order valence-electron chi connectivity index (χ4n) is 1.15. The number of nitrogens with one attached hydrogen (secondary N) is 1. The van der Waals surface area contributed by atoms with Crippen molar-refractivity contribution in [3.05, 3.63) is 33.6 Å². The molecule has 0 heterocycles. The summed E-state index contributed by atoms with van der Waals surface area (Å²) in [5.74, 6) is -1.33. The molecule has 0 saturated carbocycles. The highest BCUT2D eigenvalue weighted by atomic mass is 19.1. The van der Waals surface area contributed by atoms with Gasteiger partial charge in [0.25, 0.3) is 5.69 Å². The SMILES string of the molecule is Cc1cc(NCC(N)=O)c([N+](=O)[O-])cc1F. The Balaban J connectivity index is 3.09. The lowest BCUT2D eigenvalue weighted by Crippen LogP contribution is -2.22. The van der Waals surface area contributed by atoms with Gasteiger partial charge in [-0.2, -0.15) is 0 Å². The Morgan fingerprint density at radius 3 is 2.75 bits per heavy atom. The summed E-state index contributed by atoms with van der Waals surface area (Å²) in [7, 11) is 0. The molecule has 1 aromatic rings. The molecule has 0 aliphatic rings.